The molecule has 1 heterocycles. The van der Waals surface area contributed by atoms with E-state index in [1.54, 1.807) is 24.1 Å². The zero-order chi connectivity index (χ0) is 25.2. The number of rotatable bonds is 10. The second-order valence-corrected chi connectivity index (χ2v) is 9.53. The first kappa shape index (κ1) is 25.7. The van der Waals surface area contributed by atoms with E-state index in [0.717, 1.165) is 49.7 Å². The van der Waals surface area contributed by atoms with E-state index in [9.17, 15) is 9.18 Å². The number of nitrogens with zero attached hydrogens (tertiary/aromatic N) is 2. The van der Waals surface area contributed by atoms with Crippen LogP contribution in [0.3, 0.4) is 0 Å². The fraction of sp³-hybridized carbons (Fsp3) is 0.367. The quantitative estimate of drug-likeness (QED) is 0.368. The summed E-state index contributed by atoms with van der Waals surface area (Å²) in [4.78, 5) is 17.5. The zero-order valence-corrected chi connectivity index (χ0v) is 21.0. The molecule has 1 N–H and O–H groups in total. The molecule has 0 unspecified atom stereocenters. The van der Waals surface area contributed by atoms with Gasteiger partial charge in [0, 0.05) is 18.8 Å². The van der Waals surface area contributed by atoms with Crippen molar-refractivity contribution in [3.8, 4) is 5.75 Å². The molecule has 0 spiro atoms. The minimum absolute atomic E-state index is 0.161. The van der Waals surface area contributed by atoms with E-state index < -0.39 is 0 Å². The number of benzene rings is 3. The minimum atomic E-state index is -0.274. The third-order valence-corrected chi connectivity index (χ3v) is 6.89. The Morgan fingerprint density at radius 1 is 0.972 bits per heavy atom. The third-order valence-electron chi connectivity index (χ3n) is 6.89. The van der Waals surface area contributed by atoms with E-state index in [4.69, 9.17) is 4.74 Å². The molecule has 0 bridgehead atoms. The van der Waals surface area contributed by atoms with Gasteiger partial charge in [-0.1, -0.05) is 42.5 Å². The number of amides is 2. The molecule has 4 rings (SSSR count). The lowest BCUT2D eigenvalue weighted by Gasteiger charge is -2.32. The molecule has 3 aromatic carbocycles. The summed E-state index contributed by atoms with van der Waals surface area (Å²) < 4.78 is 18.6. The number of piperidine rings is 1. The van der Waals surface area contributed by atoms with Gasteiger partial charge in [-0.3, -0.25) is 0 Å². The van der Waals surface area contributed by atoms with Crippen LogP contribution in [0.4, 0.5) is 14.9 Å². The summed E-state index contributed by atoms with van der Waals surface area (Å²) >= 11 is 0. The number of anilines is 1. The van der Waals surface area contributed by atoms with Gasteiger partial charge in [-0.15, -0.1) is 0 Å². The second-order valence-electron chi connectivity index (χ2n) is 9.53. The standard InChI is InChI=1S/C30H36FN3O2/c1-36-29-14-12-28(13-15-29)32-30(35)34(23-26-8-10-27(31)11-9-26)19-5-18-33-20-16-25(17-21-33)22-24-6-3-2-4-7-24/h2-4,6-15,25H,5,16-23H2,1H3,(H,32,35). The average Bonchev–Trinajstić information content (AvgIpc) is 2.91. The summed E-state index contributed by atoms with van der Waals surface area (Å²) in [5, 5.41) is 2.99. The number of ether oxygens (including phenoxy) is 1. The van der Waals surface area contributed by atoms with Gasteiger partial charge in [-0.05, 0) is 98.8 Å². The normalized spacial score (nSPS) is 14.4. The van der Waals surface area contributed by atoms with Gasteiger partial charge in [-0.25, -0.2) is 9.18 Å². The van der Waals surface area contributed by atoms with Crippen LogP contribution in [-0.4, -0.2) is 49.1 Å². The van der Waals surface area contributed by atoms with E-state index in [1.165, 1.54) is 30.5 Å². The fourth-order valence-electron chi connectivity index (χ4n) is 4.79. The molecule has 0 aliphatic carbocycles. The monoisotopic (exact) mass is 489 g/mol. The Bertz CT molecular complexity index is 1070. The van der Waals surface area contributed by atoms with E-state index >= 15 is 0 Å². The Hall–Kier alpha value is -3.38. The molecule has 5 nitrogen and oxygen atoms in total. The highest BCUT2D eigenvalue weighted by molar-refractivity contribution is 5.89. The molecule has 1 aliphatic heterocycles. The van der Waals surface area contributed by atoms with Gasteiger partial charge in [0.05, 0.1) is 7.11 Å². The Balaban J connectivity index is 1.28. The largest absolute Gasteiger partial charge is 0.497 e. The Morgan fingerprint density at radius 3 is 2.33 bits per heavy atom. The Morgan fingerprint density at radius 2 is 1.67 bits per heavy atom. The third kappa shape index (κ3) is 7.82. The lowest BCUT2D eigenvalue weighted by Crippen LogP contribution is -2.39. The molecule has 36 heavy (non-hydrogen) atoms. The summed E-state index contributed by atoms with van der Waals surface area (Å²) in [6.45, 7) is 4.24. The summed E-state index contributed by atoms with van der Waals surface area (Å²) in [6, 6.07) is 24.2. The van der Waals surface area contributed by atoms with Crippen molar-refractivity contribution in [2.45, 2.75) is 32.2 Å². The summed E-state index contributed by atoms with van der Waals surface area (Å²) in [5.41, 5.74) is 3.05. The van der Waals surface area contributed by atoms with E-state index in [-0.39, 0.29) is 11.8 Å². The van der Waals surface area contributed by atoms with Crippen LogP contribution in [0.2, 0.25) is 0 Å². The Kier molecular flexibility index (Phi) is 9.33. The smallest absolute Gasteiger partial charge is 0.322 e. The van der Waals surface area contributed by atoms with Gasteiger partial charge in [0.2, 0.25) is 0 Å². The highest BCUT2D eigenvalue weighted by atomic mass is 19.1. The minimum Gasteiger partial charge on any atom is -0.497 e. The summed E-state index contributed by atoms with van der Waals surface area (Å²) in [5.74, 6) is 1.21. The van der Waals surface area contributed by atoms with Crippen molar-refractivity contribution in [2.75, 3.05) is 38.6 Å². The zero-order valence-electron chi connectivity index (χ0n) is 21.0. The van der Waals surface area contributed by atoms with Crippen molar-refractivity contribution >= 4 is 11.7 Å². The highest BCUT2D eigenvalue weighted by Gasteiger charge is 2.20. The van der Waals surface area contributed by atoms with Gasteiger partial charge in [0.1, 0.15) is 11.6 Å². The van der Waals surface area contributed by atoms with Crippen LogP contribution in [0, 0.1) is 11.7 Å². The van der Waals surface area contributed by atoms with Crippen molar-refractivity contribution in [3.05, 3.63) is 95.8 Å². The topological polar surface area (TPSA) is 44.8 Å². The van der Waals surface area contributed by atoms with Gasteiger partial charge < -0.3 is 19.9 Å². The van der Waals surface area contributed by atoms with Crippen molar-refractivity contribution in [2.24, 2.45) is 5.92 Å². The first-order valence-electron chi connectivity index (χ1n) is 12.8. The molecule has 3 aromatic rings. The van der Waals surface area contributed by atoms with Crippen molar-refractivity contribution in [1.82, 2.24) is 9.80 Å². The van der Waals surface area contributed by atoms with Crippen LogP contribution < -0.4 is 10.1 Å². The van der Waals surface area contributed by atoms with Crippen molar-refractivity contribution < 1.29 is 13.9 Å². The van der Waals surface area contributed by atoms with Crippen LogP contribution in [0.25, 0.3) is 0 Å². The van der Waals surface area contributed by atoms with Gasteiger partial charge in [-0.2, -0.15) is 0 Å². The van der Waals surface area contributed by atoms with Crippen molar-refractivity contribution in [3.63, 3.8) is 0 Å². The van der Waals surface area contributed by atoms with E-state index in [2.05, 4.69) is 40.5 Å². The van der Waals surface area contributed by atoms with Crippen LogP contribution in [-0.2, 0) is 13.0 Å². The maximum atomic E-state index is 13.4. The first-order chi connectivity index (χ1) is 17.6. The number of likely N-dealkylation sites (tertiary alicyclic amines) is 1. The number of methoxy groups -OCH3 is 1. The molecule has 0 radical (unpaired) electrons. The number of nitrogens with one attached hydrogen (secondary N) is 1. The average molecular weight is 490 g/mol. The SMILES string of the molecule is COc1ccc(NC(=O)N(CCCN2CCC(Cc3ccccc3)CC2)Cc2ccc(F)cc2)cc1. The van der Waals surface area contributed by atoms with Gasteiger partial charge in [0.25, 0.3) is 0 Å². The van der Waals surface area contributed by atoms with Gasteiger partial charge >= 0.3 is 6.03 Å². The Labute approximate surface area is 213 Å². The van der Waals surface area contributed by atoms with Crippen LogP contribution in [0.1, 0.15) is 30.4 Å². The molecule has 6 heteroatoms. The van der Waals surface area contributed by atoms with Crippen LogP contribution in [0.15, 0.2) is 78.9 Å². The molecule has 190 valence electrons. The number of hydrogen-bond acceptors (Lipinski definition) is 3. The molecule has 0 atom stereocenters. The molecule has 1 saturated heterocycles. The lowest BCUT2D eigenvalue weighted by molar-refractivity contribution is 0.170. The number of urea groups is 1. The van der Waals surface area contributed by atoms with Gasteiger partial charge in [0.15, 0.2) is 0 Å². The van der Waals surface area contributed by atoms with E-state index in [0.29, 0.717) is 18.8 Å². The maximum Gasteiger partial charge on any atom is 0.322 e. The van der Waals surface area contributed by atoms with Crippen LogP contribution >= 0.6 is 0 Å². The van der Waals surface area contributed by atoms with Crippen LogP contribution in [0.5, 0.6) is 5.75 Å². The lowest BCUT2D eigenvalue weighted by atomic mass is 9.90. The fourth-order valence-corrected chi connectivity index (χ4v) is 4.79. The second kappa shape index (κ2) is 13.1. The van der Waals surface area contributed by atoms with E-state index in [1.807, 2.05) is 24.3 Å². The molecule has 0 aromatic heterocycles. The molecule has 1 fully saturated rings. The molecule has 1 aliphatic rings. The number of carbonyl (C=O) groups excluding carboxylic acids is 1. The molecular weight excluding hydrogens is 453 g/mol. The molecular formula is C30H36FN3O2. The summed E-state index contributed by atoms with van der Waals surface area (Å²) in [7, 11) is 1.61. The number of carbonyl (C=O) groups is 1. The molecule has 2 amide bonds. The van der Waals surface area contributed by atoms with Crippen molar-refractivity contribution in [1.29, 1.82) is 0 Å². The number of halogens is 1. The maximum absolute atomic E-state index is 13.4. The first-order valence-corrected chi connectivity index (χ1v) is 12.8. The summed E-state index contributed by atoms with van der Waals surface area (Å²) in [6.07, 6.45) is 4.48. The predicted molar refractivity (Wildman–Crippen MR) is 143 cm³/mol. The molecule has 0 saturated carbocycles. The number of hydrogen-bond donors (Lipinski definition) is 1. The highest BCUT2D eigenvalue weighted by Crippen LogP contribution is 2.22. The predicted octanol–water partition coefficient (Wildman–Crippen LogP) is 6.21.